The molecular formula is C46H62O12. The zero-order chi connectivity index (χ0) is 41.8. The van der Waals surface area contributed by atoms with Crippen LogP contribution in [-0.2, 0) is 38.2 Å². The van der Waals surface area contributed by atoms with Crippen LogP contribution in [0.4, 0.5) is 0 Å². The Morgan fingerprint density at radius 2 is 0.983 bits per heavy atom. The summed E-state index contributed by atoms with van der Waals surface area (Å²) in [7, 11) is 0. The third-order valence-electron chi connectivity index (χ3n) is 18.3. The molecule has 0 heterocycles. The van der Waals surface area contributed by atoms with E-state index in [1.165, 1.54) is 0 Å². The molecule has 12 nitrogen and oxygen atoms in total. The lowest BCUT2D eigenvalue weighted by molar-refractivity contribution is -0.185. The Morgan fingerprint density at radius 3 is 1.36 bits per heavy atom. The van der Waals surface area contributed by atoms with Crippen LogP contribution < -0.4 is 0 Å². The Morgan fingerprint density at radius 1 is 0.603 bits per heavy atom. The number of carbonyl (C=O) groups is 6. The molecule has 0 bridgehead atoms. The largest absolute Gasteiger partial charge is 0.458 e. The number of aliphatic hydroxyl groups excluding tert-OH is 2. The zero-order valence-corrected chi connectivity index (χ0v) is 34.6. The standard InChI is InChI=1S/C46H62O12/c1-41-15-11-27(47)19-25(41)5-7-29-31-13-17-45(55,43(31,3)21-33(49)39(29)41)35(51)23-57-37(53)9-10-38(54)58-24-36(52)46(56)18-14-32-30-8-6-26-20-28(48)12-16-42(26,2)40(30)34(50)22-44(32,46)4/h19-20,29-34,39-40,49-50,55-56H,5-18,21-24H2,1-4H3/t29-,30?,31-,32?,33-,34-,39+,40?,41-,42-,43-,44-,45-,46-/m0/s1. The molecule has 14 atom stereocenters. The summed E-state index contributed by atoms with van der Waals surface area (Å²) in [5.74, 6) is -2.76. The van der Waals surface area contributed by atoms with Crippen LogP contribution in [0.1, 0.15) is 130 Å². The summed E-state index contributed by atoms with van der Waals surface area (Å²) in [6.07, 6.45) is 8.42. The molecule has 3 unspecified atom stereocenters. The highest BCUT2D eigenvalue weighted by Crippen LogP contribution is 2.69. The Labute approximate surface area is 340 Å². The van der Waals surface area contributed by atoms with Gasteiger partial charge >= 0.3 is 11.9 Å². The molecule has 0 aromatic carbocycles. The Bertz CT molecular complexity index is 1730. The average Bonchev–Trinajstić information content (AvgIpc) is 3.60. The minimum atomic E-state index is -1.81. The molecule has 8 aliphatic rings. The van der Waals surface area contributed by atoms with Gasteiger partial charge in [-0.3, -0.25) is 28.8 Å². The molecule has 12 heteroatoms. The highest BCUT2D eigenvalue weighted by atomic mass is 16.5. The van der Waals surface area contributed by atoms with Crippen LogP contribution in [0.2, 0.25) is 0 Å². The second-order valence-electron chi connectivity index (χ2n) is 20.6. The molecule has 8 rings (SSSR count). The Kier molecular flexibility index (Phi) is 10.2. The van der Waals surface area contributed by atoms with Crippen molar-refractivity contribution >= 4 is 35.1 Å². The van der Waals surface area contributed by atoms with Gasteiger partial charge in [0, 0.05) is 23.7 Å². The second-order valence-corrected chi connectivity index (χ2v) is 20.6. The van der Waals surface area contributed by atoms with Gasteiger partial charge in [-0.2, -0.15) is 0 Å². The van der Waals surface area contributed by atoms with Gasteiger partial charge < -0.3 is 29.9 Å². The fourth-order valence-electron chi connectivity index (χ4n) is 15.2. The van der Waals surface area contributed by atoms with Crippen LogP contribution in [0.5, 0.6) is 0 Å². The smallest absolute Gasteiger partial charge is 0.306 e. The first-order chi connectivity index (χ1) is 27.2. The van der Waals surface area contributed by atoms with E-state index in [4.69, 9.17) is 9.47 Å². The predicted octanol–water partition coefficient (Wildman–Crippen LogP) is 4.46. The molecule has 0 aromatic heterocycles. The van der Waals surface area contributed by atoms with E-state index in [2.05, 4.69) is 13.8 Å². The fourth-order valence-corrected chi connectivity index (χ4v) is 15.2. The van der Waals surface area contributed by atoms with Crippen molar-refractivity contribution in [3.8, 4) is 0 Å². The first kappa shape index (κ1) is 41.7. The molecule has 8 aliphatic carbocycles. The van der Waals surface area contributed by atoms with Crippen molar-refractivity contribution in [2.75, 3.05) is 13.2 Å². The minimum Gasteiger partial charge on any atom is -0.458 e. The monoisotopic (exact) mass is 806 g/mol. The highest BCUT2D eigenvalue weighted by molar-refractivity contribution is 5.93. The van der Waals surface area contributed by atoms with Gasteiger partial charge in [0.2, 0.25) is 11.6 Å². The molecule has 4 N–H and O–H groups in total. The maximum absolute atomic E-state index is 13.7. The van der Waals surface area contributed by atoms with Crippen LogP contribution in [0.3, 0.4) is 0 Å². The lowest BCUT2D eigenvalue weighted by atomic mass is 9.45. The van der Waals surface area contributed by atoms with Gasteiger partial charge in [-0.05, 0) is 136 Å². The first-order valence-corrected chi connectivity index (χ1v) is 21.9. The number of hydrogen-bond acceptors (Lipinski definition) is 12. The van der Waals surface area contributed by atoms with Crippen molar-refractivity contribution in [3.05, 3.63) is 23.3 Å². The van der Waals surface area contributed by atoms with E-state index in [0.717, 1.165) is 36.8 Å². The number of ketones is 4. The summed E-state index contributed by atoms with van der Waals surface area (Å²) in [5.41, 5.74) is -3.88. The SMILES string of the molecule is C[C@]12CCC(=O)C=C1CCC1C2[C@@H](O)C[C@@]2(C)C1CC[C@]2(O)C(=O)COC(=O)CCC(=O)OCC(=O)[C@@]1(O)CC[C@H]2[C@@H]3CCC4=CC(=O)CC[C@]4(C)[C@H]3[C@@H](O)C[C@@]21C. The number of rotatable bonds is 9. The minimum absolute atomic E-state index is 0.0270. The number of ether oxygens (including phenoxy) is 2. The number of aliphatic hydroxyl groups is 4. The van der Waals surface area contributed by atoms with Crippen LogP contribution in [0.15, 0.2) is 23.3 Å². The maximum Gasteiger partial charge on any atom is 0.306 e. The summed E-state index contributed by atoms with van der Waals surface area (Å²) in [6, 6.07) is 0. The molecule has 0 aliphatic heterocycles. The number of Topliss-reactive ketones (excluding diaryl/α,β-unsaturated/α-hetero) is 2. The van der Waals surface area contributed by atoms with E-state index < -0.39 is 83.8 Å². The third-order valence-corrected chi connectivity index (χ3v) is 18.3. The molecule has 0 radical (unpaired) electrons. The lowest BCUT2D eigenvalue weighted by Gasteiger charge is -2.60. The van der Waals surface area contributed by atoms with Gasteiger partial charge in [-0.1, -0.05) is 38.8 Å². The highest BCUT2D eigenvalue weighted by Gasteiger charge is 2.70. The fraction of sp³-hybridized carbons (Fsp3) is 0.783. The van der Waals surface area contributed by atoms with Crippen molar-refractivity contribution < 1.29 is 58.7 Å². The molecule has 6 fully saturated rings. The van der Waals surface area contributed by atoms with Crippen molar-refractivity contribution in [2.24, 2.45) is 57.2 Å². The van der Waals surface area contributed by atoms with Crippen LogP contribution in [-0.4, -0.2) is 92.1 Å². The van der Waals surface area contributed by atoms with E-state index in [0.29, 0.717) is 38.5 Å². The first-order valence-electron chi connectivity index (χ1n) is 21.9. The second kappa shape index (κ2) is 14.3. The number of esters is 2. The van der Waals surface area contributed by atoms with Crippen molar-refractivity contribution in [1.29, 1.82) is 0 Å². The molecule has 318 valence electrons. The molecule has 0 aromatic rings. The van der Waals surface area contributed by atoms with Gasteiger partial charge in [-0.15, -0.1) is 0 Å². The van der Waals surface area contributed by atoms with E-state index in [-0.39, 0.29) is 83.6 Å². The van der Waals surface area contributed by atoms with Crippen molar-refractivity contribution in [2.45, 2.75) is 154 Å². The van der Waals surface area contributed by atoms with Gasteiger partial charge in [0.05, 0.1) is 25.0 Å². The molecule has 0 spiro atoms. The van der Waals surface area contributed by atoms with Crippen LogP contribution in [0.25, 0.3) is 0 Å². The molecule has 0 amide bonds. The van der Waals surface area contributed by atoms with Crippen molar-refractivity contribution in [1.82, 2.24) is 0 Å². The summed E-state index contributed by atoms with van der Waals surface area (Å²) >= 11 is 0. The molecular weight excluding hydrogens is 744 g/mol. The summed E-state index contributed by atoms with van der Waals surface area (Å²) in [4.78, 5) is 77.3. The summed E-state index contributed by atoms with van der Waals surface area (Å²) in [6.45, 7) is 6.64. The predicted molar refractivity (Wildman–Crippen MR) is 207 cm³/mol. The molecule has 6 saturated carbocycles. The van der Waals surface area contributed by atoms with Gasteiger partial charge in [0.15, 0.2) is 24.8 Å². The Hall–Kier alpha value is -3.06. The van der Waals surface area contributed by atoms with Crippen LogP contribution in [0, 0.1) is 57.2 Å². The normalized spacial score (nSPS) is 46.6. The van der Waals surface area contributed by atoms with Gasteiger partial charge in [0.1, 0.15) is 11.2 Å². The van der Waals surface area contributed by atoms with E-state index in [9.17, 15) is 49.2 Å². The Balaban J connectivity index is 0.827. The van der Waals surface area contributed by atoms with Gasteiger partial charge in [0.25, 0.3) is 0 Å². The van der Waals surface area contributed by atoms with E-state index >= 15 is 0 Å². The topological polar surface area (TPSA) is 202 Å². The van der Waals surface area contributed by atoms with E-state index in [1.54, 1.807) is 12.2 Å². The van der Waals surface area contributed by atoms with E-state index in [1.807, 2.05) is 13.8 Å². The number of hydrogen-bond donors (Lipinski definition) is 4. The average molecular weight is 807 g/mol. The number of carbonyl (C=O) groups excluding carboxylic acids is 6. The maximum atomic E-state index is 13.7. The zero-order valence-electron chi connectivity index (χ0n) is 34.6. The van der Waals surface area contributed by atoms with Gasteiger partial charge in [-0.25, -0.2) is 0 Å². The number of allylic oxidation sites excluding steroid dienone is 2. The lowest BCUT2D eigenvalue weighted by Crippen LogP contribution is -2.62. The quantitative estimate of drug-likeness (QED) is 0.239. The van der Waals surface area contributed by atoms with Crippen molar-refractivity contribution in [3.63, 3.8) is 0 Å². The van der Waals surface area contributed by atoms with Crippen LogP contribution >= 0.6 is 0 Å². The third kappa shape index (κ3) is 6.03. The number of fused-ring (bicyclic) bond motifs is 10. The molecule has 58 heavy (non-hydrogen) atoms. The summed E-state index contributed by atoms with van der Waals surface area (Å²) < 4.78 is 10.5. The molecule has 0 saturated heterocycles. The summed E-state index contributed by atoms with van der Waals surface area (Å²) in [5, 5.41) is 47.3.